The first-order chi connectivity index (χ1) is 20.0. The molecule has 4 heterocycles. The molecule has 1 saturated heterocycles. The van der Waals surface area contributed by atoms with Crippen LogP contribution >= 0.6 is 0 Å². The summed E-state index contributed by atoms with van der Waals surface area (Å²) in [7, 11) is 1.65. The van der Waals surface area contributed by atoms with E-state index in [2.05, 4.69) is 15.3 Å². The quantitative estimate of drug-likeness (QED) is 0.277. The zero-order valence-electron chi connectivity index (χ0n) is 23.3. The molecule has 0 spiro atoms. The van der Waals surface area contributed by atoms with Crippen LogP contribution in [0.5, 0.6) is 0 Å². The lowest BCUT2D eigenvalue weighted by atomic mass is 9.96. The maximum absolute atomic E-state index is 15.5. The zero-order chi connectivity index (χ0) is 29.9. The maximum atomic E-state index is 15.5. The number of carboxylic acid groups (broad SMARTS) is 1. The number of anilines is 2. The fourth-order valence-corrected chi connectivity index (χ4v) is 5.87. The smallest absolute Gasteiger partial charge is 0.341 e. The van der Waals surface area contributed by atoms with Gasteiger partial charge in [0.15, 0.2) is 11.6 Å². The molecular weight excluding hydrogens is 548 g/mol. The molecule has 0 saturated carbocycles. The van der Waals surface area contributed by atoms with Crippen LogP contribution in [0.3, 0.4) is 0 Å². The second kappa shape index (κ2) is 10.1. The fourth-order valence-electron chi connectivity index (χ4n) is 5.87. The Balaban J connectivity index is 1.64. The standard InChI is InChI=1S/C30H29F2N5O5/c1-30(2,41)14-37-13-19(29(39)40)27(38)17-8-15(11-35-28(17)37)18-12-34-22-9-16-21(33-3)10-20(31)25(32)23(16)24(22)26(18)36-4-6-42-7-5-36/h8,10-13,33,41H,4-7,9,14H2,1-3H3,(H,39,40). The highest BCUT2D eigenvalue weighted by Crippen LogP contribution is 2.50. The van der Waals surface area contributed by atoms with E-state index in [1.54, 1.807) is 33.2 Å². The third kappa shape index (κ3) is 4.56. The molecule has 2 aliphatic rings. The van der Waals surface area contributed by atoms with Crippen molar-refractivity contribution in [3.05, 3.63) is 69.4 Å². The molecule has 0 atom stereocenters. The van der Waals surface area contributed by atoms with Crippen LogP contribution in [0.2, 0.25) is 0 Å². The molecule has 1 fully saturated rings. The first-order valence-corrected chi connectivity index (χ1v) is 13.5. The van der Waals surface area contributed by atoms with E-state index in [0.717, 1.165) is 6.07 Å². The lowest BCUT2D eigenvalue weighted by Crippen LogP contribution is -2.37. The lowest BCUT2D eigenvalue weighted by Gasteiger charge is -2.32. The number of rotatable bonds is 6. The molecule has 3 N–H and O–H groups in total. The monoisotopic (exact) mass is 577 g/mol. The molecule has 12 heteroatoms. The van der Waals surface area contributed by atoms with Gasteiger partial charge >= 0.3 is 5.97 Å². The number of pyridine rings is 3. The Morgan fingerprint density at radius 3 is 2.55 bits per heavy atom. The number of hydrogen-bond acceptors (Lipinski definition) is 8. The summed E-state index contributed by atoms with van der Waals surface area (Å²) in [6.45, 7) is 4.94. The van der Waals surface area contributed by atoms with E-state index in [1.807, 2.05) is 4.90 Å². The molecule has 0 bridgehead atoms. The number of carboxylic acids is 1. The van der Waals surface area contributed by atoms with Crippen LogP contribution in [-0.2, 0) is 17.7 Å². The number of aliphatic hydroxyl groups is 1. The van der Waals surface area contributed by atoms with Gasteiger partial charge in [-0.2, -0.15) is 0 Å². The summed E-state index contributed by atoms with van der Waals surface area (Å²) >= 11 is 0. The minimum Gasteiger partial charge on any atom is -0.477 e. The van der Waals surface area contributed by atoms with Gasteiger partial charge in [-0.25, -0.2) is 18.6 Å². The van der Waals surface area contributed by atoms with E-state index in [9.17, 15) is 24.2 Å². The molecule has 10 nitrogen and oxygen atoms in total. The summed E-state index contributed by atoms with van der Waals surface area (Å²) in [4.78, 5) is 36.5. The molecular formula is C30H29F2N5O5. The van der Waals surface area contributed by atoms with E-state index in [-0.39, 0.29) is 23.1 Å². The van der Waals surface area contributed by atoms with Gasteiger partial charge in [0.05, 0.1) is 42.1 Å². The number of nitrogens with zero attached hydrogens (tertiary/aromatic N) is 4. The SMILES string of the molecule is CNc1cc(F)c(F)c2c1Cc1ncc(-c3cnc4c(c3)c(=O)c(C(=O)O)cn4CC(C)(C)O)c(N3CCOCC3)c1-2. The zero-order valence-corrected chi connectivity index (χ0v) is 23.3. The minimum atomic E-state index is -1.40. The van der Waals surface area contributed by atoms with Crippen LogP contribution in [0.25, 0.3) is 33.3 Å². The van der Waals surface area contributed by atoms with Gasteiger partial charge in [0.2, 0.25) is 5.43 Å². The average Bonchev–Trinajstić information content (AvgIpc) is 3.35. The number of aromatic nitrogens is 3. The number of carbonyl (C=O) groups is 1. The van der Waals surface area contributed by atoms with Crippen LogP contribution in [0.15, 0.2) is 35.5 Å². The van der Waals surface area contributed by atoms with Gasteiger partial charge in [0.1, 0.15) is 11.2 Å². The number of fused-ring (bicyclic) bond motifs is 4. The summed E-state index contributed by atoms with van der Waals surface area (Å²) in [6, 6.07) is 2.68. The number of hydrogen-bond donors (Lipinski definition) is 3. The molecule has 3 aromatic heterocycles. The molecule has 1 aromatic carbocycles. The van der Waals surface area contributed by atoms with E-state index >= 15 is 4.39 Å². The Bertz CT molecular complexity index is 1830. The molecule has 1 aliphatic carbocycles. The highest BCUT2D eigenvalue weighted by Gasteiger charge is 2.34. The van der Waals surface area contributed by atoms with Crippen LogP contribution in [0.1, 0.15) is 35.5 Å². The summed E-state index contributed by atoms with van der Waals surface area (Å²) in [6.07, 6.45) is 4.64. The largest absolute Gasteiger partial charge is 0.477 e. The number of morpholine rings is 1. The van der Waals surface area contributed by atoms with Gasteiger partial charge in [-0.05, 0) is 25.5 Å². The van der Waals surface area contributed by atoms with E-state index in [1.165, 1.54) is 17.0 Å². The van der Waals surface area contributed by atoms with E-state index < -0.39 is 34.2 Å². The fraction of sp³-hybridized carbons (Fsp3) is 0.333. The highest BCUT2D eigenvalue weighted by atomic mass is 19.2. The Morgan fingerprint density at radius 1 is 1.14 bits per heavy atom. The van der Waals surface area contributed by atoms with Gasteiger partial charge < -0.3 is 29.7 Å². The summed E-state index contributed by atoms with van der Waals surface area (Å²) in [5.41, 5.74) is 1.66. The molecule has 0 radical (unpaired) electrons. The summed E-state index contributed by atoms with van der Waals surface area (Å²) in [5.74, 6) is -3.35. The Hall–Kier alpha value is -4.42. The van der Waals surface area contributed by atoms with Gasteiger partial charge in [0.25, 0.3) is 0 Å². The van der Waals surface area contributed by atoms with Gasteiger partial charge in [-0.3, -0.25) is 9.78 Å². The molecule has 0 amide bonds. The Kier molecular flexibility index (Phi) is 6.70. The predicted molar refractivity (Wildman–Crippen MR) is 153 cm³/mol. The number of aromatic carboxylic acids is 1. The highest BCUT2D eigenvalue weighted by molar-refractivity contribution is 5.98. The molecule has 1 aliphatic heterocycles. The second-order valence-corrected chi connectivity index (χ2v) is 11.2. The normalized spacial score (nSPS) is 14.7. The maximum Gasteiger partial charge on any atom is 0.341 e. The van der Waals surface area contributed by atoms with Gasteiger partial charge in [-0.15, -0.1) is 0 Å². The second-order valence-electron chi connectivity index (χ2n) is 11.2. The van der Waals surface area contributed by atoms with Crippen LogP contribution in [0, 0.1) is 11.6 Å². The average molecular weight is 578 g/mol. The Labute approximate surface area is 239 Å². The number of nitrogens with one attached hydrogen (secondary N) is 1. The number of benzene rings is 1. The van der Waals surface area contributed by atoms with Crippen molar-refractivity contribution in [1.29, 1.82) is 0 Å². The van der Waals surface area contributed by atoms with Crippen LogP contribution in [0.4, 0.5) is 20.2 Å². The van der Waals surface area contributed by atoms with Crippen molar-refractivity contribution in [3.63, 3.8) is 0 Å². The van der Waals surface area contributed by atoms with Crippen molar-refractivity contribution in [3.8, 4) is 22.3 Å². The Morgan fingerprint density at radius 2 is 1.88 bits per heavy atom. The van der Waals surface area contributed by atoms with Crippen LogP contribution < -0.4 is 15.6 Å². The minimum absolute atomic E-state index is 0.00867. The molecule has 42 heavy (non-hydrogen) atoms. The molecule has 4 aromatic rings. The number of ether oxygens (including phenoxy) is 1. The molecule has 6 rings (SSSR count). The first-order valence-electron chi connectivity index (χ1n) is 13.5. The number of halogens is 2. The third-order valence-corrected chi connectivity index (χ3v) is 7.66. The van der Waals surface area contributed by atoms with Crippen molar-refractivity contribution in [1.82, 2.24) is 14.5 Å². The first kappa shape index (κ1) is 27.7. The van der Waals surface area contributed by atoms with Crippen molar-refractivity contribution in [2.24, 2.45) is 0 Å². The van der Waals surface area contributed by atoms with E-state index in [0.29, 0.717) is 72.0 Å². The third-order valence-electron chi connectivity index (χ3n) is 7.66. The van der Waals surface area contributed by atoms with Crippen molar-refractivity contribution in [2.45, 2.75) is 32.4 Å². The van der Waals surface area contributed by atoms with Crippen molar-refractivity contribution >= 4 is 28.4 Å². The lowest BCUT2D eigenvalue weighted by molar-refractivity contribution is 0.0612. The van der Waals surface area contributed by atoms with Gasteiger partial charge in [-0.1, -0.05) is 0 Å². The van der Waals surface area contributed by atoms with Crippen LogP contribution in [-0.4, -0.2) is 69.7 Å². The predicted octanol–water partition coefficient (Wildman–Crippen LogP) is 3.66. The van der Waals surface area contributed by atoms with Crippen molar-refractivity contribution in [2.75, 3.05) is 43.6 Å². The summed E-state index contributed by atoms with van der Waals surface area (Å²) < 4.78 is 37.4. The van der Waals surface area contributed by atoms with Gasteiger partial charge in [0, 0.05) is 79.2 Å². The summed E-state index contributed by atoms with van der Waals surface area (Å²) in [5, 5.41) is 23.2. The van der Waals surface area contributed by atoms with E-state index in [4.69, 9.17) is 4.74 Å². The topological polar surface area (TPSA) is 130 Å². The molecule has 218 valence electrons. The molecule has 0 unspecified atom stereocenters. The van der Waals surface area contributed by atoms with Crippen molar-refractivity contribution < 1.29 is 28.5 Å².